The Labute approximate surface area is 156 Å². The maximum atomic E-state index is 12.9. The number of esters is 1. The Morgan fingerprint density at radius 3 is 2.35 bits per heavy atom. The van der Waals surface area contributed by atoms with Gasteiger partial charge in [0.1, 0.15) is 0 Å². The molecule has 0 heterocycles. The van der Waals surface area contributed by atoms with Crippen molar-refractivity contribution < 1.29 is 14.3 Å². The highest BCUT2D eigenvalue weighted by Gasteiger charge is 2.50. The van der Waals surface area contributed by atoms with Crippen LogP contribution in [0, 0.1) is 5.41 Å². The van der Waals surface area contributed by atoms with Gasteiger partial charge >= 0.3 is 5.97 Å². The van der Waals surface area contributed by atoms with Gasteiger partial charge in [0.2, 0.25) is 0 Å². The average molecular weight is 352 g/mol. The first-order valence-corrected chi connectivity index (χ1v) is 9.61. The van der Waals surface area contributed by atoms with Crippen LogP contribution in [0.2, 0.25) is 0 Å². The van der Waals surface area contributed by atoms with Crippen molar-refractivity contribution in [3.63, 3.8) is 0 Å². The first-order chi connectivity index (χ1) is 12.7. The number of rotatable bonds is 8. The lowest BCUT2D eigenvalue weighted by atomic mass is 9.78. The first-order valence-electron chi connectivity index (χ1n) is 9.61. The van der Waals surface area contributed by atoms with Crippen LogP contribution in [0.5, 0.6) is 0 Å². The largest absolute Gasteiger partial charge is 0.465 e. The molecule has 0 bridgehead atoms. The summed E-state index contributed by atoms with van der Waals surface area (Å²) in [7, 11) is 0. The maximum Gasteiger partial charge on any atom is 0.314 e. The fourth-order valence-corrected chi connectivity index (χ4v) is 3.96. The summed E-state index contributed by atoms with van der Waals surface area (Å²) in [5, 5.41) is 0. The van der Waals surface area contributed by atoms with Crippen LogP contribution in [-0.2, 0) is 27.3 Å². The molecule has 1 aliphatic rings. The van der Waals surface area contributed by atoms with Crippen molar-refractivity contribution in [1.82, 2.24) is 0 Å². The van der Waals surface area contributed by atoms with E-state index in [-0.39, 0.29) is 12.1 Å². The Bertz CT molecular complexity index is 683. The molecule has 1 fully saturated rings. The quantitative estimate of drug-likeness (QED) is 0.631. The molecule has 1 saturated carbocycles. The molecular formula is C23H28O3. The van der Waals surface area contributed by atoms with Gasteiger partial charge in [0.15, 0.2) is 0 Å². The van der Waals surface area contributed by atoms with Gasteiger partial charge in [-0.25, -0.2) is 0 Å². The third-order valence-electron chi connectivity index (χ3n) is 5.38. The lowest BCUT2D eigenvalue weighted by molar-refractivity contribution is -0.165. The molecule has 3 heteroatoms. The number of carbonyl (C=O) groups excluding carboxylic acids is 1. The fraction of sp³-hybridized carbons (Fsp3) is 0.435. The molecular weight excluding hydrogens is 324 g/mol. The highest BCUT2D eigenvalue weighted by Crippen LogP contribution is 2.45. The minimum atomic E-state index is -0.527. The number of benzene rings is 2. The van der Waals surface area contributed by atoms with Crippen LogP contribution in [0.1, 0.15) is 43.7 Å². The molecule has 2 atom stereocenters. The minimum Gasteiger partial charge on any atom is -0.465 e. The molecule has 3 rings (SSSR count). The minimum absolute atomic E-state index is 0.0783. The Morgan fingerprint density at radius 2 is 1.69 bits per heavy atom. The molecule has 0 aromatic heterocycles. The molecule has 3 nitrogen and oxygen atoms in total. The van der Waals surface area contributed by atoms with Gasteiger partial charge in [0.05, 0.1) is 24.7 Å². The maximum absolute atomic E-state index is 12.9. The zero-order chi connectivity index (χ0) is 18.2. The van der Waals surface area contributed by atoms with Gasteiger partial charge in [-0.15, -0.1) is 0 Å². The van der Waals surface area contributed by atoms with Crippen molar-refractivity contribution in [2.75, 3.05) is 6.61 Å². The topological polar surface area (TPSA) is 35.5 Å². The van der Waals surface area contributed by atoms with Crippen LogP contribution in [0.25, 0.3) is 0 Å². The first kappa shape index (κ1) is 18.7. The fourth-order valence-electron chi connectivity index (χ4n) is 3.96. The second-order valence-electron chi connectivity index (χ2n) is 7.04. The van der Waals surface area contributed by atoms with Crippen LogP contribution in [0.3, 0.4) is 0 Å². The third-order valence-corrected chi connectivity index (χ3v) is 5.38. The summed E-state index contributed by atoms with van der Waals surface area (Å²) in [5.74, 6) is -0.0912. The smallest absolute Gasteiger partial charge is 0.314 e. The third kappa shape index (κ3) is 4.34. The molecule has 2 unspecified atom stereocenters. The summed E-state index contributed by atoms with van der Waals surface area (Å²) < 4.78 is 11.7. The van der Waals surface area contributed by atoms with E-state index in [1.807, 2.05) is 43.3 Å². The van der Waals surface area contributed by atoms with E-state index in [4.69, 9.17) is 9.47 Å². The normalized spacial score (nSPS) is 22.3. The van der Waals surface area contributed by atoms with Crippen LogP contribution in [-0.4, -0.2) is 18.7 Å². The van der Waals surface area contributed by atoms with Crippen LogP contribution in [0.15, 0.2) is 60.7 Å². The summed E-state index contributed by atoms with van der Waals surface area (Å²) in [6.45, 7) is 2.83. The molecule has 138 valence electrons. The zero-order valence-corrected chi connectivity index (χ0v) is 15.5. The van der Waals surface area contributed by atoms with Gasteiger partial charge in [-0.2, -0.15) is 0 Å². The van der Waals surface area contributed by atoms with E-state index in [0.29, 0.717) is 13.2 Å². The molecule has 2 aromatic rings. The predicted octanol–water partition coefficient (Wildman–Crippen LogP) is 4.94. The predicted molar refractivity (Wildman–Crippen MR) is 103 cm³/mol. The molecule has 0 spiro atoms. The Hall–Kier alpha value is -2.13. The van der Waals surface area contributed by atoms with E-state index in [0.717, 1.165) is 37.7 Å². The van der Waals surface area contributed by atoms with E-state index in [9.17, 15) is 4.79 Å². The highest BCUT2D eigenvalue weighted by atomic mass is 16.5. The average Bonchev–Trinajstić information content (AvgIpc) is 3.11. The van der Waals surface area contributed by atoms with Crippen molar-refractivity contribution in [3.8, 4) is 0 Å². The molecule has 2 aromatic carbocycles. The van der Waals surface area contributed by atoms with Gasteiger partial charge in [-0.05, 0) is 50.2 Å². The number of carbonyl (C=O) groups is 1. The van der Waals surface area contributed by atoms with Gasteiger partial charge in [-0.1, -0.05) is 60.7 Å². The van der Waals surface area contributed by atoms with Crippen molar-refractivity contribution in [2.24, 2.45) is 5.41 Å². The van der Waals surface area contributed by atoms with E-state index in [1.165, 1.54) is 5.56 Å². The van der Waals surface area contributed by atoms with E-state index in [2.05, 4.69) is 24.3 Å². The lowest BCUT2D eigenvalue weighted by Crippen LogP contribution is -2.41. The summed E-state index contributed by atoms with van der Waals surface area (Å²) in [5.41, 5.74) is 1.87. The number of hydrogen-bond donors (Lipinski definition) is 0. The molecule has 0 radical (unpaired) electrons. The monoisotopic (exact) mass is 352 g/mol. The van der Waals surface area contributed by atoms with Gasteiger partial charge < -0.3 is 9.47 Å². The van der Waals surface area contributed by atoms with Crippen molar-refractivity contribution >= 4 is 5.97 Å². The highest BCUT2D eigenvalue weighted by molar-refractivity contribution is 5.78. The van der Waals surface area contributed by atoms with Crippen molar-refractivity contribution in [1.29, 1.82) is 0 Å². The number of hydrogen-bond acceptors (Lipinski definition) is 3. The summed E-state index contributed by atoms with van der Waals surface area (Å²) >= 11 is 0. The van der Waals surface area contributed by atoms with E-state index in [1.54, 1.807) is 0 Å². The van der Waals surface area contributed by atoms with E-state index >= 15 is 0 Å². The number of ether oxygens (including phenoxy) is 2. The van der Waals surface area contributed by atoms with Gasteiger partial charge in [0, 0.05) is 0 Å². The SMILES string of the molecule is CCOC(=O)C1(CCc2ccccc2)CCCC1OCc1ccccc1. The molecule has 0 amide bonds. The molecule has 0 N–H and O–H groups in total. The Morgan fingerprint density at radius 1 is 1.04 bits per heavy atom. The van der Waals surface area contributed by atoms with Crippen molar-refractivity contribution in [3.05, 3.63) is 71.8 Å². The molecule has 1 aliphatic carbocycles. The molecule has 26 heavy (non-hydrogen) atoms. The zero-order valence-electron chi connectivity index (χ0n) is 15.5. The van der Waals surface area contributed by atoms with Gasteiger partial charge in [0.25, 0.3) is 0 Å². The standard InChI is InChI=1S/C23H28O3/c1-2-25-22(24)23(17-15-19-10-5-3-6-11-19)16-9-14-21(23)26-18-20-12-7-4-8-13-20/h3-8,10-13,21H,2,9,14-18H2,1H3. The van der Waals surface area contributed by atoms with Crippen LogP contribution >= 0.6 is 0 Å². The van der Waals surface area contributed by atoms with Crippen LogP contribution < -0.4 is 0 Å². The van der Waals surface area contributed by atoms with Gasteiger partial charge in [-0.3, -0.25) is 4.79 Å². The summed E-state index contributed by atoms with van der Waals surface area (Å²) in [6, 6.07) is 20.5. The molecule has 0 saturated heterocycles. The van der Waals surface area contributed by atoms with E-state index < -0.39 is 5.41 Å². The number of aryl methyl sites for hydroxylation is 1. The lowest BCUT2D eigenvalue weighted by Gasteiger charge is -2.33. The summed E-state index contributed by atoms with van der Waals surface area (Å²) in [6.07, 6.45) is 4.33. The van der Waals surface area contributed by atoms with Crippen molar-refractivity contribution in [2.45, 2.75) is 51.7 Å². The molecule has 0 aliphatic heterocycles. The Balaban J connectivity index is 1.73. The second kappa shape index (κ2) is 9.00. The Kier molecular flexibility index (Phi) is 6.45. The second-order valence-corrected chi connectivity index (χ2v) is 7.04. The van der Waals surface area contributed by atoms with Crippen LogP contribution in [0.4, 0.5) is 0 Å². The summed E-state index contributed by atoms with van der Waals surface area (Å²) in [4.78, 5) is 12.9.